The first-order chi connectivity index (χ1) is 19.0. The molecule has 1 aliphatic rings. The minimum absolute atomic E-state index is 0.0352. The Kier molecular flexibility index (Phi) is 7.81. The Balaban J connectivity index is 1.36. The molecule has 4 aromatic rings. The average molecular weight is 540 g/mol. The minimum atomic E-state index is -0.506. The van der Waals surface area contributed by atoms with Crippen molar-refractivity contribution in [2.24, 2.45) is 0 Å². The van der Waals surface area contributed by atoms with E-state index in [0.717, 1.165) is 40.5 Å². The first-order valence-electron chi connectivity index (χ1n) is 12.9. The van der Waals surface area contributed by atoms with E-state index in [-0.39, 0.29) is 11.5 Å². The number of hydrogen-bond donors (Lipinski definition) is 3. The van der Waals surface area contributed by atoms with Gasteiger partial charge in [-0.05, 0) is 43.4 Å². The Morgan fingerprint density at radius 2 is 1.82 bits per heavy atom. The van der Waals surface area contributed by atoms with Crippen molar-refractivity contribution in [2.45, 2.75) is 13.8 Å². The third-order valence-corrected chi connectivity index (χ3v) is 7.60. The van der Waals surface area contributed by atoms with Gasteiger partial charge in [-0.2, -0.15) is 0 Å². The van der Waals surface area contributed by atoms with Crippen LogP contribution in [0.25, 0.3) is 33.5 Å². The lowest BCUT2D eigenvalue weighted by atomic mass is 10.0. The number of benzene rings is 2. The van der Waals surface area contributed by atoms with E-state index in [4.69, 9.17) is 4.98 Å². The topological polar surface area (TPSA) is 107 Å². The van der Waals surface area contributed by atoms with Gasteiger partial charge in [-0.15, -0.1) is 11.3 Å². The van der Waals surface area contributed by atoms with Crippen molar-refractivity contribution in [3.63, 3.8) is 0 Å². The Bertz CT molecular complexity index is 1600. The number of carbonyl (C=O) groups is 2. The lowest BCUT2D eigenvalue weighted by molar-refractivity contribution is -0.110. The quantitative estimate of drug-likeness (QED) is 0.267. The summed E-state index contributed by atoms with van der Waals surface area (Å²) in [6.45, 7) is 7.09. The summed E-state index contributed by atoms with van der Waals surface area (Å²) in [5, 5.41) is 8.60. The molecule has 2 aromatic heterocycles. The third kappa shape index (κ3) is 5.74. The van der Waals surface area contributed by atoms with Crippen LogP contribution in [0.3, 0.4) is 0 Å². The zero-order valence-electron chi connectivity index (χ0n) is 21.8. The van der Waals surface area contributed by atoms with Gasteiger partial charge in [0.1, 0.15) is 10.6 Å². The molecular weight excluding hydrogens is 510 g/mol. The van der Waals surface area contributed by atoms with Gasteiger partial charge in [0, 0.05) is 46.5 Å². The number of amides is 2. The molecule has 0 fully saturated rings. The number of nitrogens with zero attached hydrogens (tertiary/aromatic N) is 2. The van der Waals surface area contributed by atoms with Gasteiger partial charge >= 0.3 is 0 Å². The van der Waals surface area contributed by atoms with Crippen LogP contribution in [0.15, 0.2) is 70.8 Å². The Morgan fingerprint density at radius 3 is 2.56 bits per heavy atom. The summed E-state index contributed by atoms with van der Waals surface area (Å²) in [6, 6.07) is 18.8. The normalized spacial score (nSPS) is 13.5. The van der Waals surface area contributed by atoms with Crippen molar-refractivity contribution in [1.29, 1.82) is 0 Å². The number of pyridine rings is 1. The number of anilines is 1. The fraction of sp³-hybridized carbons (Fsp3) is 0.200. The van der Waals surface area contributed by atoms with E-state index >= 15 is 0 Å². The van der Waals surface area contributed by atoms with Gasteiger partial charge in [0.05, 0.1) is 11.3 Å². The molecular formula is C30H29N5O3S. The molecule has 198 valence electrons. The van der Waals surface area contributed by atoms with Crippen LogP contribution < -0.4 is 16.2 Å². The van der Waals surface area contributed by atoms with Crippen LogP contribution in [0.1, 0.15) is 35.5 Å². The van der Waals surface area contributed by atoms with Crippen molar-refractivity contribution in [3.05, 3.63) is 93.2 Å². The third-order valence-electron chi connectivity index (χ3n) is 6.71. The molecule has 0 radical (unpaired) electrons. The number of aromatic amines is 1. The number of fused-ring (bicyclic) bond motifs is 1. The summed E-state index contributed by atoms with van der Waals surface area (Å²) in [4.78, 5) is 47.7. The number of carbonyl (C=O) groups excluding carboxylic acids is 2. The van der Waals surface area contributed by atoms with Crippen LogP contribution in [0.2, 0.25) is 0 Å². The van der Waals surface area contributed by atoms with Gasteiger partial charge in [-0.3, -0.25) is 14.4 Å². The van der Waals surface area contributed by atoms with Gasteiger partial charge in [0.25, 0.3) is 17.4 Å². The molecule has 2 amide bonds. The lowest BCUT2D eigenvalue weighted by Gasteiger charge is -2.17. The number of nitrogens with one attached hydrogen (secondary N) is 3. The predicted molar refractivity (Wildman–Crippen MR) is 157 cm³/mol. The summed E-state index contributed by atoms with van der Waals surface area (Å²) in [5.74, 6) is -0.682. The highest BCUT2D eigenvalue weighted by Crippen LogP contribution is 2.37. The first-order valence-corrected chi connectivity index (χ1v) is 13.8. The lowest BCUT2D eigenvalue weighted by Crippen LogP contribution is -2.36. The summed E-state index contributed by atoms with van der Waals surface area (Å²) >= 11 is 1.57. The largest absolute Gasteiger partial charge is 0.351 e. The SMILES string of the molecule is CCN(CC)CCNC(=O)c1ccc(C=C2C(=O)Nc3ccc(-c4csc(-c5ccccc5)n4)cc32)[nH]c1=O. The highest BCUT2D eigenvalue weighted by molar-refractivity contribution is 7.13. The maximum Gasteiger partial charge on any atom is 0.261 e. The molecule has 5 rings (SSSR count). The number of likely N-dealkylation sites (N-methyl/N-ethyl adjacent to an activating group) is 1. The van der Waals surface area contributed by atoms with Crippen molar-refractivity contribution < 1.29 is 9.59 Å². The molecule has 0 aliphatic carbocycles. The zero-order valence-corrected chi connectivity index (χ0v) is 22.6. The van der Waals surface area contributed by atoms with Crippen LogP contribution in [-0.2, 0) is 4.79 Å². The van der Waals surface area contributed by atoms with Crippen molar-refractivity contribution in [3.8, 4) is 21.8 Å². The van der Waals surface area contributed by atoms with Gasteiger partial charge in [-0.1, -0.05) is 50.2 Å². The molecule has 0 bridgehead atoms. The van der Waals surface area contributed by atoms with E-state index in [1.807, 2.05) is 53.9 Å². The molecule has 1 aliphatic heterocycles. The average Bonchev–Trinajstić information content (AvgIpc) is 3.56. The van der Waals surface area contributed by atoms with Crippen LogP contribution >= 0.6 is 11.3 Å². The Labute approximate surface area is 230 Å². The summed E-state index contributed by atoms with van der Waals surface area (Å²) < 4.78 is 0. The van der Waals surface area contributed by atoms with Gasteiger partial charge < -0.3 is 20.5 Å². The molecule has 0 saturated carbocycles. The van der Waals surface area contributed by atoms with E-state index in [0.29, 0.717) is 30.0 Å². The number of thiazole rings is 1. The van der Waals surface area contributed by atoms with Gasteiger partial charge in [0.2, 0.25) is 0 Å². The van der Waals surface area contributed by atoms with E-state index in [1.165, 1.54) is 6.07 Å². The maximum absolute atomic E-state index is 12.8. The molecule has 3 heterocycles. The monoisotopic (exact) mass is 539 g/mol. The molecule has 9 heteroatoms. The maximum atomic E-state index is 12.8. The van der Waals surface area contributed by atoms with E-state index in [9.17, 15) is 14.4 Å². The standard InChI is InChI=1S/C30H29N5O3S/c1-3-35(4-2)15-14-31-27(36)22-12-11-21(32-28(22)37)17-24-23-16-20(10-13-25(23)33-29(24)38)26-18-39-30(34-26)19-8-6-5-7-9-19/h5-13,16-18H,3-4,14-15H2,1-2H3,(H,31,36)(H,32,37)(H,33,38). The van der Waals surface area contributed by atoms with Gasteiger partial charge in [0.15, 0.2) is 0 Å². The Morgan fingerprint density at radius 1 is 1.03 bits per heavy atom. The fourth-order valence-corrected chi connectivity index (χ4v) is 5.32. The number of H-pyrrole nitrogens is 1. The zero-order chi connectivity index (χ0) is 27.4. The predicted octanol–water partition coefficient (Wildman–Crippen LogP) is 4.73. The molecule has 0 atom stereocenters. The van der Waals surface area contributed by atoms with Crippen LogP contribution in [0.5, 0.6) is 0 Å². The fourth-order valence-electron chi connectivity index (χ4n) is 4.48. The summed E-state index contributed by atoms with van der Waals surface area (Å²) in [7, 11) is 0. The van der Waals surface area contributed by atoms with E-state index in [1.54, 1.807) is 23.5 Å². The highest BCUT2D eigenvalue weighted by Gasteiger charge is 2.25. The smallest absolute Gasteiger partial charge is 0.261 e. The number of hydrogen-bond acceptors (Lipinski definition) is 6. The van der Waals surface area contributed by atoms with E-state index in [2.05, 4.69) is 34.4 Å². The molecule has 0 spiro atoms. The minimum Gasteiger partial charge on any atom is -0.351 e. The molecule has 0 unspecified atom stereocenters. The van der Waals surface area contributed by atoms with Crippen molar-refractivity contribution in [1.82, 2.24) is 20.2 Å². The molecule has 0 saturated heterocycles. The second kappa shape index (κ2) is 11.6. The first kappa shape index (κ1) is 26.3. The number of aromatic nitrogens is 2. The van der Waals surface area contributed by atoms with Crippen LogP contribution in [0.4, 0.5) is 5.69 Å². The summed E-state index contributed by atoms with van der Waals surface area (Å²) in [5.41, 5.74) is 4.58. The highest BCUT2D eigenvalue weighted by atomic mass is 32.1. The Hall–Kier alpha value is -4.34. The van der Waals surface area contributed by atoms with Crippen molar-refractivity contribution in [2.75, 3.05) is 31.5 Å². The van der Waals surface area contributed by atoms with Gasteiger partial charge in [-0.25, -0.2) is 4.98 Å². The number of rotatable bonds is 9. The molecule has 3 N–H and O–H groups in total. The van der Waals surface area contributed by atoms with E-state index < -0.39 is 11.5 Å². The molecule has 8 nitrogen and oxygen atoms in total. The second-order valence-corrected chi connectivity index (χ2v) is 9.97. The van der Waals surface area contributed by atoms with Crippen LogP contribution in [-0.4, -0.2) is 52.9 Å². The summed E-state index contributed by atoms with van der Waals surface area (Å²) in [6.07, 6.45) is 1.63. The molecule has 39 heavy (non-hydrogen) atoms. The van der Waals surface area contributed by atoms with Crippen LogP contribution in [0, 0.1) is 0 Å². The second-order valence-electron chi connectivity index (χ2n) is 9.12. The van der Waals surface area contributed by atoms with Crippen molar-refractivity contribution >= 4 is 40.5 Å². The molecule has 2 aromatic carbocycles.